The summed E-state index contributed by atoms with van der Waals surface area (Å²) in [5.41, 5.74) is 8.86. The van der Waals surface area contributed by atoms with Gasteiger partial charge in [0, 0.05) is 11.9 Å². The number of amidine groups is 1. The summed E-state index contributed by atoms with van der Waals surface area (Å²) in [6, 6.07) is 12.1. The van der Waals surface area contributed by atoms with Gasteiger partial charge in [0.25, 0.3) is 0 Å². The van der Waals surface area contributed by atoms with E-state index in [4.69, 9.17) is 17.3 Å². The predicted octanol–water partition coefficient (Wildman–Crippen LogP) is 4.57. The molecule has 0 saturated carbocycles. The minimum atomic E-state index is -0.238. The highest BCUT2D eigenvalue weighted by molar-refractivity contribution is 8.13. The Balaban J connectivity index is 1.85. The number of aliphatic imine (C=N–C) groups is 1. The molecule has 2 heterocycles. The maximum atomic E-state index is 5.91. The van der Waals surface area contributed by atoms with E-state index in [1.165, 1.54) is 5.56 Å². The van der Waals surface area contributed by atoms with Gasteiger partial charge in [-0.05, 0) is 48.7 Å². The Bertz CT molecular complexity index is 755. The molecule has 118 valence electrons. The van der Waals surface area contributed by atoms with Gasteiger partial charge >= 0.3 is 0 Å². The molecule has 0 amide bonds. The molecule has 1 aromatic heterocycles. The molecule has 2 N–H and O–H groups in total. The first-order chi connectivity index (χ1) is 11.0. The Morgan fingerprint density at radius 1 is 1.26 bits per heavy atom. The molecule has 1 aliphatic heterocycles. The number of hydrogen-bond donors (Lipinski definition) is 1. The smallest absolute Gasteiger partial charge is 0.154 e. The van der Waals surface area contributed by atoms with Crippen molar-refractivity contribution in [3.8, 4) is 0 Å². The van der Waals surface area contributed by atoms with Crippen molar-refractivity contribution >= 4 is 40.7 Å². The van der Waals surface area contributed by atoms with Gasteiger partial charge in [-0.2, -0.15) is 0 Å². The van der Waals surface area contributed by atoms with Crippen molar-refractivity contribution in [2.24, 2.45) is 10.7 Å². The SMILES string of the molecule is CC1(c2cccc(/C=C/c3ccc(Cl)cn3)c2)CCSC(N)=N1. The van der Waals surface area contributed by atoms with Crippen LogP contribution in [-0.2, 0) is 5.54 Å². The van der Waals surface area contributed by atoms with Crippen molar-refractivity contribution in [1.82, 2.24) is 4.98 Å². The van der Waals surface area contributed by atoms with Crippen LogP contribution in [-0.4, -0.2) is 15.9 Å². The molecule has 0 spiro atoms. The maximum absolute atomic E-state index is 5.91. The topological polar surface area (TPSA) is 51.3 Å². The first-order valence-electron chi connectivity index (χ1n) is 7.43. The van der Waals surface area contributed by atoms with E-state index >= 15 is 0 Å². The fourth-order valence-electron chi connectivity index (χ4n) is 2.54. The molecule has 5 heteroatoms. The van der Waals surface area contributed by atoms with E-state index in [1.807, 2.05) is 24.3 Å². The normalized spacial score (nSPS) is 21.4. The van der Waals surface area contributed by atoms with Crippen LogP contribution in [0.1, 0.15) is 30.2 Å². The molecule has 0 saturated heterocycles. The lowest BCUT2D eigenvalue weighted by Gasteiger charge is -2.29. The predicted molar refractivity (Wildman–Crippen MR) is 101 cm³/mol. The first kappa shape index (κ1) is 16.1. The minimum Gasteiger partial charge on any atom is -0.379 e. The zero-order valence-corrected chi connectivity index (χ0v) is 14.4. The number of halogens is 1. The van der Waals surface area contributed by atoms with Crippen LogP contribution in [0.15, 0.2) is 47.6 Å². The Morgan fingerprint density at radius 2 is 2.13 bits per heavy atom. The largest absolute Gasteiger partial charge is 0.379 e. The molecule has 2 aromatic rings. The molecule has 0 radical (unpaired) electrons. The van der Waals surface area contributed by atoms with Crippen LogP contribution >= 0.6 is 23.4 Å². The number of thioether (sulfide) groups is 1. The summed E-state index contributed by atoms with van der Waals surface area (Å²) in [6.45, 7) is 2.14. The van der Waals surface area contributed by atoms with Crippen LogP contribution in [0.2, 0.25) is 5.02 Å². The van der Waals surface area contributed by atoms with E-state index in [9.17, 15) is 0 Å². The van der Waals surface area contributed by atoms with E-state index < -0.39 is 0 Å². The zero-order chi connectivity index (χ0) is 16.3. The van der Waals surface area contributed by atoms with Gasteiger partial charge in [-0.3, -0.25) is 9.98 Å². The lowest BCUT2D eigenvalue weighted by molar-refractivity contribution is 0.482. The molecular formula is C18H18ClN3S. The number of aromatic nitrogens is 1. The fraction of sp³-hybridized carbons (Fsp3) is 0.222. The summed E-state index contributed by atoms with van der Waals surface area (Å²) in [5.74, 6) is 1.00. The molecule has 3 nitrogen and oxygen atoms in total. The first-order valence-corrected chi connectivity index (χ1v) is 8.80. The van der Waals surface area contributed by atoms with Crippen LogP contribution in [0.4, 0.5) is 0 Å². The summed E-state index contributed by atoms with van der Waals surface area (Å²) >= 11 is 7.47. The number of pyridine rings is 1. The standard InChI is InChI=1S/C18H18ClN3S/c1-18(9-10-23-17(20)22-18)14-4-2-3-13(11-14)5-7-16-8-6-15(19)12-21-16/h2-8,11-12H,9-10H2,1H3,(H2,20,22)/b7-5+. The summed E-state index contributed by atoms with van der Waals surface area (Å²) in [4.78, 5) is 8.93. The number of nitrogens with zero attached hydrogens (tertiary/aromatic N) is 2. The molecule has 1 aromatic carbocycles. The number of hydrogen-bond acceptors (Lipinski definition) is 4. The lowest BCUT2D eigenvalue weighted by atomic mass is 9.89. The van der Waals surface area contributed by atoms with Gasteiger partial charge < -0.3 is 5.73 Å². The van der Waals surface area contributed by atoms with Crippen LogP contribution in [0.25, 0.3) is 12.2 Å². The van der Waals surface area contributed by atoms with E-state index in [0.29, 0.717) is 10.2 Å². The summed E-state index contributed by atoms with van der Waals surface area (Å²) < 4.78 is 0. The number of nitrogens with two attached hydrogens (primary N) is 1. The highest BCUT2D eigenvalue weighted by Gasteiger charge is 2.29. The maximum Gasteiger partial charge on any atom is 0.154 e. The Morgan fingerprint density at radius 3 is 2.87 bits per heavy atom. The van der Waals surface area contributed by atoms with Gasteiger partial charge in [-0.1, -0.05) is 47.6 Å². The van der Waals surface area contributed by atoms with E-state index in [-0.39, 0.29) is 5.54 Å². The average Bonchev–Trinajstić information content (AvgIpc) is 2.54. The quantitative estimate of drug-likeness (QED) is 0.887. The van der Waals surface area contributed by atoms with Gasteiger partial charge in [-0.25, -0.2) is 0 Å². The second-order valence-corrected chi connectivity index (χ2v) is 7.23. The van der Waals surface area contributed by atoms with E-state index in [2.05, 4.69) is 41.2 Å². The third kappa shape index (κ3) is 3.95. The van der Waals surface area contributed by atoms with E-state index in [0.717, 1.165) is 23.4 Å². The van der Waals surface area contributed by atoms with Crippen molar-refractivity contribution in [2.75, 3.05) is 5.75 Å². The highest BCUT2D eigenvalue weighted by atomic mass is 35.5. The van der Waals surface area contributed by atoms with Gasteiger partial charge in [0.1, 0.15) is 0 Å². The minimum absolute atomic E-state index is 0.238. The van der Waals surface area contributed by atoms with Crippen molar-refractivity contribution in [3.05, 3.63) is 64.4 Å². The monoisotopic (exact) mass is 343 g/mol. The molecule has 0 aliphatic carbocycles. The Hall–Kier alpha value is -1.78. The second-order valence-electron chi connectivity index (χ2n) is 5.68. The molecule has 0 bridgehead atoms. The van der Waals surface area contributed by atoms with Gasteiger partial charge in [0.2, 0.25) is 0 Å². The third-order valence-corrected chi connectivity index (χ3v) is 4.92. The molecular weight excluding hydrogens is 326 g/mol. The average molecular weight is 344 g/mol. The molecule has 0 fully saturated rings. The number of benzene rings is 1. The van der Waals surface area contributed by atoms with Crippen LogP contribution in [0.5, 0.6) is 0 Å². The fourth-order valence-corrected chi connectivity index (χ4v) is 3.63. The van der Waals surface area contributed by atoms with Crippen LogP contribution in [0.3, 0.4) is 0 Å². The molecule has 1 aliphatic rings. The summed E-state index contributed by atoms with van der Waals surface area (Å²) in [6.07, 6.45) is 6.67. The van der Waals surface area contributed by atoms with Gasteiger partial charge in [0.15, 0.2) is 5.17 Å². The second kappa shape index (κ2) is 6.77. The van der Waals surface area contributed by atoms with Crippen molar-refractivity contribution in [2.45, 2.75) is 18.9 Å². The molecule has 23 heavy (non-hydrogen) atoms. The summed E-state index contributed by atoms with van der Waals surface area (Å²) in [7, 11) is 0. The van der Waals surface area contributed by atoms with Crippen molar-refractivity contribution < 1.29 is 0 Å². The molecule has 1 unspecified atom stereocenters. The van der Waals surface area contributed by atoms with Crippen molar-refractivity contribution in [1.29, 1.82) is 0 Å². The van der Waals surface area contributed by atoms with Crippen molar-refractivity contribution in [3.63, 3.8) is 0 Å². The third-order valence-electron chi connectivity index (χ3n) is 3.90. The Labute approximate surface area is 145 Å². The number of rotatable bonds is 3. The Kier molecular flexibility index (Phi) is 4.74. The summed E-state index contributed by atoms with van der Waals surface area (Å²) in [5, 5.41) is 1.31. The van der Waals surface area contributed by atoms with Gasteiger partial charge in [0.05, 0.1) is 16.3 Å². The molecule has 1 atom stereocenters. The van der Waals surface area contributed by atoms with Crippen LogP contribution < -0.4 is 5.73 Å². The molecule has 3 rings (SSSR count). The van der Waals surface area contributed by atoms with Crippen LogP contribution in [0, 0.1) is 0 Å². The van der Waals surface area contributed by atoms with Gasteiger partial charge in [-0.15, -0.1) is 0 Å². The lowest BCUT2D eigenvalue weighted by Crippen LogP contribution is -2.28. The zero-order valence-electron chi connectivity index (χ0n) is 12.9. The highest BCUT2D eigenvalue weighted by Crippen LogP contribution is 2.35. The van der Waals surface area contributed by atoms with E-state index in [1.54, 1.807) is 18.0 Å².